The highest BCUT2D eigenvalue weighted by Gasteiger charge is 2.31. The Hall–Kier alpha value is -3.19. The highest BCUT2D eigenvalue weighted by atomic mass is 32.2. The van der Waals surface area contributed by atoms with E-state index < -0.39 is 21.7 Å². The van der Waals surface area contributed by atoms with E-state index in [2.05, 4.69) is 0 Å². The van der Waals surface area contributed by atoms with Crippen LogP contribution in [0.1, 0.15) is 36.8 Å². The van der Waals surface area contributed by atoms with Crippen LogP contribution in [0.3, 0.4) is 0 Å². The number of methoxy groups -OCH3 is 1. The first kappa shape index (κ1) is 23.5. The van der Waals surface area contributed by atoms with Gasteiger partial charge < -0.3 is 4.74 Å². The van der Waals surface area contributed by atoms with Crippen LogP contribution in [0, 0.1) is 5.82 Å². The van der Waals surface area contributed by atoms with Crippen LogP contribution < -0.4 is 9.04 Å². The minimum Gasteiger partial charge on any atom is -0.494 e. The van der Waals surface area contributed by atoms with E-state index in [0.717, 1.165) is 21.5 Å². The summed E-state index contributed by atoms with van der Waals surface area (Å²) in [6, 6.07) is 22.6. The first-order valence-electron chi connectivity index (χ1n) is 10.4. The zero-order valence-corrected chi connectivity index (χ0v) is 18.9. The average Bonchev–Trinajstić information content (AvgIpc) is 2.78. The van der Waals surface area contributed by atoms with Crippen molar-refractivity contribution in [1.82, 2.24) is 0 Å². The average molecular weight is 456 g/mol. The SMILES string of the molecule is CCCS(=O)(=O)N(C(=O)CC(c1ccccc1)c1ccccc1)c1ccc(OC)c(F)c1. The first-order valence-corrected chi connectivity index (χ1v) is 12.0. The predicted molar refractivity (Wildman–Crippen MR) is 124 cm³/mol. The summed E-state index contributed by atoms with van der Waals surface area (Å²) in [5, 5.41) is 0. The number of carbonyl (C=O) groups excluding carboxylic acids is 1. The van der Waals surface area contributed by atoms with Gasteiger partial charge in [0.1, 0.15) is 0 Å². The molecule has 0 unspecified atom stereocenters. The normalized spacial score (nSPS) is 11.4. The number of halogens is 1. The minimum absolute atomic E-state index is 0.0273. The van der Waals surface area contributed by atoms with Crippen molar-refractivity contribution in [3.05, 3.63) is 95.8 Å². The quantitative estimate of drug-likeness (QED) is 0.449. The second kappa shape index (κ2) is 10.4. The predicted octanol–water partition coefficient (Wildman–Crippen LogP) is 5.13. The fourth-order valence-corrected chi connectivity index (χ4v) is 5.17. The van der Waals surface area contributed by atoms with Crippen molar-refractivity contribution < 1.29 is 22.3 Å². The number of ether oxygens (including phenoxy) is 1. The molecule has 32 heavy (non-hydrogen) atoms. The third-order valence-electron chi connectivity index (χ3n) is 5.12. The van der Waals surface area contributed by atoms with Crippen molar-refractivity contribution in [2.75, 3.05) is 17.2 Å². The van der Waals surface area contributed by atoms with Gasteiger partial charge in [0.05, 0.1) is 18.6 Å². The molecule has 1 amide bonds. The molecular formula is C25H26FNO4S. The van der Waals surface area contributed by atoms with Gasteiger partial charge in [0.15, 0.2) is 11.6 Å². The number of anilines is 1. The van der Waals surface area contributed by atoms with Gasteiger partial charge in [-0.25, -0.2) is 17.1 Å². The van der Waals surface area contributed by atoms with Crippen molar-refractivity contribution in [3.8, 4) is 5.75 Å². The van der Waals surface area contributed by atoms with E-state index in [1.807, 2.05) is 60.7 Å². The van der Waals surface area contributed by atoms with Crippen molar-refractivity contribution in [1.29, 1.82) is 0 Å². The number of hydrogen-bond donors (Lipinski definition) is 0. The number of amides is 1. The van der Waals surface area contributed by atoms with Gasteiger partial charge in [0, 0.05) is 18.4 Å². The highest BCUT2D eigenvalue weighted by Crippen LogP contribution is 2.32. The summed E-state index contributed by atoms with van der Waals surface area (Å²) in [5.74, 6) is -1.97. The van der Waals surface area contributed by atoms with Gasteiger partial charge in [-0.3, -0.25) is 4.79 Å². The summed E-state index contributed by atoms with van der Waals surface area (Å²) in [5.41, 5.74) is 1.74. The highest BCUT2D eigenvalue weighted by molar-refractivity contribution is 7.93. The van der Waals surface area contributed by atoms with Gasteiger partial charge in [0.2, 0.25) is 15.9 Å². The van der Waals surface area contributed by atoms with Crippen LogP contribution in [0.15, 0.2) is 78.9 Å². The van der Waals surface area contributed by atoms with Gasteiger partial charge >= 0.3 is 0 Å². The van der Waals surface area contributed by atoms with Crippen molar-refractivity contribution >= 4 is 21.6 Å². The van der Waals surface area contributed by atoms with E-state index in [4.69, 9.17) is 4.74 Å². The number of rotatable bonds is 9. The van der Waals surface area contributed by atoms with E-state index in [1.54, 1.807) is 6.92 Å². The van der Waals surface area contributed by atoms with Gasteiger partial charge in [-0.1, -0.05) is 67.6 Å². The molecule has 0 radical (unpaired) electrons. The number of hydrogen-bond acceptors (Lipinski definition) is 4. The lowest BCUT2D eigenvalue weighted by atomic mass is 9.88. The third-order valence-corrected chi connectivity index (χ3v) is 7.01. The maximum absolute atomic E-state index is 14.4. The molecule has 0 aliphatic heterocycles. The van der Waals surface area contributed by atoms with E-state index in [0.29, 0.717) is 6.42 Å². The zero-order chi connectivity index (χ0) is 23.1. The van der Waals surface area contributed by atoms with Crippen LogP contribution >= 0.6 is 0 Å². The Morgan fingerprint density at radius 1 is 0.969 bits per heavy atom. The van der Waals surface area contributed by atoms with Crippen molar-refractivity contribution in [3.63, 3.8) is 0 Å². The molecule has 0 aliphatic carbocycles. The smallest absolute Gasteiger partial charge is 0.241 e. The summed E-state index contributed by atoms with van der Waals surface area (Å²) in [6.07, 6.45) is 0.232. The molecule has 0 atom stereocenters. The minimum atomic E-state index is -3.99. The molecule has 168 valence electrons. The molecule has 3 aromatic rings. The molecule has 5 nitrogen and oxygen atoms in total. The van der Waals surface area contributed by atoms with Crippen LogP contribution in [0.2, 0.25) is 0 Å². The molecule has 0 heterocycles. The summed E-state index contributed by atoms with van der Waals surface area (Å²) in [6.45, 7) is 1.71. The van der Waals surface area contributed by atoms with Crippen molar-refractivity contribution in [2.45, 2.75) is 25.7 Å². The molecule has 0 fully saturated rings. The Morgan fingerprint density at radius 3 is 2.00 bits per heavy atom. The fourth-order valence-electron chi connectivity index (χ4n) is 3.65. The van der Waals surface area contributed by atoms with Crippen LogP contribution in [-0.4, -0.2) is 27.2 Å². The molecule has 3 rings (SSSR count). The molecule has 0 saturated heterocycles. The summed E-state index contributed by atoms with van der Waals surface area (Å²) < 4.78 is 46.1. The fraction of sp³-hybridized carbons (Fsp3) is 0.240. The maximum Gasteiger partial charge on any atom is 0.241 e. The lowest BCUT2D eigenvalue weighted by Crippen LogP contribution is -2.39. The number of benzene rings is 3. The molecule has 7 heteroatoms. The van der Waals surface area contributed by atoms with Gasteiger partial charge in [0.25, 0.3) is 0 Å². The van der Waals surface area contributed by atoms with E-state index in [1.165, 1.54) is 19.2 Å². The second-order valence-electron chi connectivity index (χ2n) is 7.37. The molecule has 0 N–H and O–H groups in total. The van der Waals surface area contributed by atoms with E-state index in [9.17, 15) is 17.6 Å². The molecule has 3 aromatic carbocycles. The van der Waals surface area contributed by atoms with Gasteiger partial charge in [-0.05, 0) is 29.7 Å². The number of nitrogens with zero attached hydrogens (tertiary/aromatic N) is 1. The monoisotopic (exact) mass is 455 g/mol. The topological polar surface area (TPSA) is 63.7 Å². The summed E-state index contributed by atoms with van der Waals surface area (Å²) >= 11 is 0. The molecule has 0 aliphatic rings. The van der Waals surface area contributed by atoms with Crippen LogP contribution in [0.25, 0.3) is 0 Å². The number of carbonyl (C=O) groups is 1. The molecule has 0 saturated carbocycles. The Morgan fingerprint density at radius 2 is 1.53 bits per heavy atom. The van der Waals surface area contributed by atoms with Crippen LogP contribution in [0.4, 0.5) is 10.1 Å². The Bertz CT molecular complexity index is 1110. The van der Waals surface area contributed by atoms with Crippen LogP contribution in [-0.2, 0) is 14.8 Å². The standard InChI is InChI=1S/C25H26FNO4S/c1-3-16-32(29,30)27(21-14-15-24(31-2)23(26)17-21)25(28)18-22(19-10-6-4-7-11-19)20-12-8-5-9-13-20/h4-15,17,22H,3,16,18H2,1-2H3. The van der Waals surface area contributed by atoms with Crippen molar-refractivity contribution in [2.24, 2.45) is 0 Å². The molecule has 0 bridgehead atoms. The number of sulfonamides is 1. The third kappa shape index (κ3) is 5.34. The molecular weight excluding hydrogens is 429 g/mol. The van der Waals surface area contributed by atoms with E-state index >= 15 is 0 Å². The van der Waals surface area contributed by atoms with E-state index in [-0.39, 0.29) is 29.5 Å². The largest absolute Gasteiger partial charge is 0.494 e. The lowest BCUT2D eigenvalue weighted by molar-refractivity contribution is -0.117. The summed E-state index contributed by atoms with van der Waals surface area (Å²) in [7, 11) is -2.68. The van der Waals surface area contributed by atoms with Gasteiger partial charge in [-0.2, -0.15) is 0 Å². The van der Waals surface area contributed by atoms with Crippen LogP contribution in [0.5, 0.6) is 5.75 Å². The second-order valence-corrected chi connectivity index (χ2v) is 9.31. The Balaban J connectivity index is 2.04. The Labute approximate surface area is 188 Å². The molecule has 0 aromatic heterocycles. The van der Waals surface area contributed by atoms with Gasteiger partial charge in [-0.15, -0.1) is 0 Å². The zero-order valence-electron chi connectivity index (χ0n) is 18.1. The molecule has 0 spiro atoms. The maximum atomic E-state index is 14.4. The summed E-state index contributed by atoms with van der Waals surface area (Å²) in [4.78, 5) is 13.5. The lowest BCUT2D eigenvalue weighted by Gasteiger charge is -2.26. The first-order chi connectivity index (χ1) is 15.4. The Kier molecular flexibility index (Phi) is 7.64.